The normalized spacial score (nSPS) is 10.3. The molecule has 8 nitrogen and oxygen atoms in total. The van der Waals surface area contributed by atoms with Gasteiger partial charge in [0.15, 0.2) is 0 Å². The maximum Gasteiger partial charge on any atom is 0.335 e. The van der Waals surface area contributed by atoms with Crippen molar-refractivity contribution in [3.05, 3.63) is 65.2 Å². The Kier molecular flexibility index (Phi) is 6.44. The predicted octanol–water partition coefficient (Wildman–Crippen LogP) is 1.27. The highest BCUT2D eigenvalue weighted by Gasteiger charge is 2.12. The largest absolute Gasteiger partial charge is 0.496 e. The van der Waals surface area contributed by atoms with Crippen LogP contribution in [-0.2, 0) is 4.79 Å². The molecule has 2 rings (SSSR count). The van der Waals surface area contributed by atoms with E-state index in [9.17, 15) is 14.4 Å². The van der Waals surface area contributed by atoms with E-state index < -0.39 is 17.8 Å². The zero-order chi connectivity index (χ0) is 18.9. The number of hydrogen-bond acceptors (Lipinski definition) is 5. The van der Waals surface area contributed by atoms with Crippen LogP contribution in [0.4, 0.5) is 0 Å². The van der Waals surface area contributed by atoms with Crippen molar-refractivity contribution >= 4 is 24.0 Å². The number of hydrogen-bond donors (Lipinski definition) is 3. The number of carbonyl (C=O) groups is 3. The first-order chi connectivity index (χ1) is 12.5. The molecular formula is C18H17N3O5. The molecule has 2 amide bonds. The van der Waals surface area contributed by atoms with Gasteiger partial charge in [-0.15, -0.1) is 0 Å². The summed E-state index contributed by atoms with van der Waals surface area (Å²) in [7, 11) is 1.45. The minimum Gasteiger partial charge on any atom is -0.496 e. The van der Waals surface area contributed by atoms with E-state index in [-0.39, 0.29) is 12.1 Å². The molecule has 0 saturated heterocycles. The van der Waals surface area contributed by atoms with Crippen LogP contribution in [0.15, 0.2) is 53.6 Å². The fourth-order valence-corrected chi connectivity index (χ4v) is 2.02. The van der Waals surface area contributed by atoms with Gasteiger partial charge in [0.1, 0.15) is 5.75 Å². The number of carboxylic acids is 1. The summed E-state index contributed by atoms with van der Waals surface area (Å²) >= 11 is 0. The highest BCUT2D eigenvalue weighted by Crippen LogP contribution is 2.16. The molecule has 8 heteroatoms. The van der Waals surface area contributed by atoms with Crippen molar-refractivity contribution in [1.29, 1.82) is 0 Å². The number of hydrazone groups is 1. The monoisotopic (exact) mass is 355 g/mol. The fraction of sp³-hybridized carbons (Fsp3) is 0.111. The summed E-state index contributed by atoms with van der Waals surface area (Å²) in [4.78, 5) is 34.5. The van der Waals surface area contributed by atoms with Crippen molar-refractivity contribution in [2.24, 2.45) is 5.10 Å². The van der Waals surface area contributed by atoms with E-state index in [1.165, 1.54) is 25.5 Å². The summed E-state index contributed by atoms with van der Waals surface area (Å²) in [5, 5.41) is 15.0. The van der Waals surface area contributed by atoms with E-state index in [2.05, 4.69) is 15.8 Å². The van der Waals surface area contributed by atoms with E-state index in [1.807, 2.05) is 0 Å². The van der Waals surface area contributed by atoms with Gasteiger partial charge in [0.25, 0.3) is 11.8 Å². The lowest BCUT2D eigenvalue weighted by molar-refractivity contribution is -0.120. The molecule has 2 aromatic carbocycles. The number of rotatable bonds is 7. The molecule has 0 saturated carbocycles. The Bertz CT molecular complexity index is 831. The molecule has 134 valence electrons. The van der Waals surface area contributed by atoms with E-state index >= 15 is 0 Å². The van der Waals surface area contributed by atoms with Gasteiger partial charge in [-0.1, -0.05) is 24.3 Å². The first kappa shape index (κ1) is 18.7. The highest BCUT2D eigenvalue weighted by molar-refractivity contribution is 5.98. The highest BCUT2D eigenvalue weighted by atomic mass is 16.5. The summed E-state index contributed by atoms with van der Waals surface area (Å²) in [6.07, 6.45) is 1.37. The molecule has 0 fully saturated rings. The van der Waals surface area contributed by atoms with Gasteiger partial charge in [0, 0.05) is 0 Å². The zero-order valence-corrected chi connectivity index (χ0v) is 13.9. The third-order valence-corrected chi connectivity index (χ3v) is 3.32. The van der Waals surface area contributed by atoms with Crippen molar-refractivity contribution in [2.45, 2.75) is 0 Å². The van der Waals surface area contributed by atoms with Gasteiger partial charge in [-0.25, -0.2) is 10.2 Å². The minimum atomic E-state index is -1.02. The number of aromatic carboxylic acids is 1. The molecule has 3 N–H and O–H groups in total. The number of nitrogens with zero attached hydrogens (tertiary/aromatic N) is 1. The van der Waals surface area contributed by atoms with Gasteiger partial charge >= 0.3 is 5.97 Å². The molecule has 0 spiro atoms. The number of ether oxygens (including phenoxy) is 1. The van der Waals surface area contributed by atoms with Crippen LogP contribution in [0.5, 0.6) is 5.75 Å². The number of methoxy groups -OCH3 is 1. The average molecular weight is 355 g/mol. The van der Waals surface area contributed by atoms with Crippen molar-refractivity contribution in [3.63, 3.8) is 0 Å². The molecule has 0 aliphatic heterocycles. The van der Waals surface area contributed by atoms with E-state index in [4.69, 9.17) is 9.84 Å². The van der Waals surface area contributed by atoms with Crippen LogP contribution in [-0.4, -0.2) is 42.8 Å². The second kappa shape index (κ2) is 8.97. The van der Waals surface area contributed by atoms with Crippen LogP contribution >= 0.6 is 0 Å². The molecule has 0 aromatic heterocycles. The number of benzene rings is 2. The first-order valence-electron chi connectivity index (χ1n) is 7.57. The fourth-order valence-electron chi connectivity index (χ4n) is 2.02. The van der Waals surface area contributed by atoms with Crippen LogP contribution in [0.25, 0.3) is 0 Å². The van der Waals surface area contributed by atoms with Gasteiger partial charge in [-0.05, 0) is 29.8 Å². The Balaban J connectivity index is 1.83. The van der Waals surface area contributed by atoms with Crippen molar-refractivity contribution in [1.82, 2.24) is 10.7 Å². The molecule has 0 radical (unpaired) electrons. The lowest BCUT2D eigenvalue weighted by atomic mass is 10.1. The third kappa shape index (κ3) is 5.17. The summed E-state index contributed by atoms with van der Waals surface area (Å²) in [5.41, 5.74) is 3.37. The lowest BCUT2D eigenvalue weighted by Crippen LogP contribution is -2.35. The Labute approximate surface area is 149 Å². The van der Waals surface area contributed by atoms with Crippen molar-refractivity contribution < 1.29 is 24.2 Å². The van der Waals surface area contributed by atoms with Crippen molar-refractivity contribution in [3.8, 4) is 5.75 Å². The van der Waals surface area contributed by atoms with Gasteiger partial charge in [-0.2, -0.15) is 5.10 Å². The molecule has 0 aliphatic carbocycles. The quantitative estimate of drug-likeness (QED) is 0.511. The Morgan fingerprint density at radius 1 is 1.12 bits per heavy atom. The molecule has 2 aromatic rings. The predicted molar refractivity (Wildman–Crippen MR) is 94.5 cm³/mol. The summed E-state index contributed by atoms with van der Waals surface area (Å²) in [6, 6.07) is 12.6. The van der Waals surface area contributed by atoms with Gasteiger partial charge in [0.2, 0.25) is 0 Å². The maximum atomic E-state index is 12.1. The Morgan fingerprint density at radius 2 is 1.81 bits per heavy atom. The minimum absolute atomic E-state index is 0.158. The lowest BCUT2D eigenvalue weighted by Gasteiger charge is -2.08. The SMILES string of the molecule is COc1ccccc1C(=O)NCC(=O)N/N=C\c1ccc(C(=O)O)cc1. The average Bonchev–Trinajstić information content (AvgIpc) is 2.66. The van der Waals surface area contributed by atoms with Crippen LogP contribution in [0, 0.1) is 0 Å². The molecule has 26 heavy (non-hydrogen) atoms. The second-order valence-electron chi connectivity index (χ2n) is 5.10. The first-order valence-corrected chi connectivity index (χ1v) is 7.57. The van der Waals surface area contributed by atoms with Gasteiger partial charge in [0.05, 0.1) is 31.0 Å². The van der Waals surface area contributed by atoms with Crippen molar-refractivity contribution in [2.75, 3.05) is 13.7 Å². The molecular weight excluding hydrogens is 338 g/mol. The topological polar surface area (TPSA) is 117 Å². The van der Waals surface area contributed by atoms with E-state index in [1.54, 1.807) is 36.4 Å². The van der Waals surface area contributed by atoms with E-state index in [0.29, 0.717) is 16.9 Å². The van der Waals surface area contributed by atoms with E-state index in [0.717, 1.165) is 0 Å². The van der Waals surface area contributed by atoms with Gasteiger partial charge < -0.3 is 15.2 Å². The number of carbonyl (C=O) groups excluding carboxylic acids is 2. The standard InChI is InChI=1S/C18H17N3O5/c1-26-15-5-3-2-4-14(15)17(23)19-11-16(22)21-20-10-12-6-8-13(9-7-12)18(24)25/h2-10H,11H2,1H3,(H,19,23)(H,21,22)(H,24,25)/b20-10-. The summed E-state index contributed by atoms with van der Waals surface area (Å²) < 4.78 is 5.09. The number of para-hydroxylation sites is 1. The van der Waals surface area contributed by atoms with Gasteiger partial charge in [-0.3, -0.25) is 9.59 Å². The summed E-state index contributed by atoms with van der Waals surface area (Å²) in [6.45, 7) is -0.258. The third-order valence-electron chi connectivity index (χ3n) is 3.32. The number of nitrogens with one attached hydrogen (secondary N) is 2. The van der Waals surface area contributed by atoms with Crippen LogP contribution < -0.4 is 15.5 Å². The summed E-state index contributed by atoms with van der Waals surface area (Å²) in [5.74, 6) is -1.56. The molecule has 0 heterocycles. The van der Waals surface area contributed by atoms with Crippen LogP contribution in [0.3, 0.4) is 0 Å². The second-order valence-corrected chi connectivity index (χ2v) is 5.10. The zero-order valence-electron chi connectivity index (χ0n) is 13.9. The Hall–Kier alpha value is -3.68. The molecule has 0 unspecified atom stereocenters. The maximum absolute atomic E-state index is 12.1. The number of carboxylic acid groups (broad SMARTS) is 1. The molecule has 0 bridgehead atoms. The Morgan fingerprint density at radius 3 is 2.46 bits per heavy atom. The molecule has 0 aliphatic rings. The van der Waals surface area contributed by atoms with Crippen LogP contribution in [0.1, 0.15) is 26.3 Å². The smallest absolute Gasteiger partial charge is 0.335 e. The molecule has 0 atom stereocenters. The number of amides is 2. The van der Waals surface area contributed by atoms with Crippen LogP contribution in [0.2, 0.25) is 0 Å².